The molecule has 6 amide bonds. The second-order valence-corrected chi connectivity index (χ2v) is 14.4. The zero-order chi connectivity index (χ0) is 42.4. The average Bonchev–Trinajstić information content (AvgIpc) is 3.46. The molecule has 1 unspecified atom stereocenters. The van der Waals surface area contributed by atoms with Crippen molar-refractivity contribution in [2.75, 3.05) is 46.2 Å². The van der Waals surface area contributed by atoms with Gasteiger partial charge >= 0.3 is 0 Å². The van der Waals surface area contributed by atoms with E-state index in [0.29, 0.717) is 47.7 Å². The van der Waals surface area contributed by atoms with E-state index in [1.165, 1.54) is 10.6 Å². The van der Waals surface area contributed by atoms with E-state index in [2.05, 4.69) is 32.8 Å². The van der Waals surface area contributed by atoms with Crippen LogP contribution in [0.2, 0.25) is 0 Å². The molecule has 0 saturated carbocycles. The SMILES string of the molecule is C=C(CCNc1cccc2c1C(=O)N(C1CCC(=O)NC1=O)C2=O)NC(=O)CCCNC(=O)CN(C)Cc1c(OC)cc(-c2cn(C)c(=O)c3cnccc23)cc1OC. The Hall–Kier alpha value is -6.88. The number of carbonyl (C=O) groups excluding carboxylic acids is 6. The summed E-state index contributed by atoms with van der Waals surface area (Å²) in [6.45, 7) is 4.88. The fourth-order valence-corrected chi connectivity index (χ4v) is 7.27. The van der Waals surface area contributed by atoms with Gasteiger partial charge in [-0.1, -0.05) is 12.6 Å². The van der Waals surface area contributed by atoms with Crippen molar-refractivity contribution < 1.29 is 38.2 Å². The molecule has 0 spiro atoms. The molecule has 6 rings (SSSR count). The summed E-state index contributed by atoms with van der Waals surface area (Å²) in [4.78, 5) is 95.4. The Bertz CT molecular complexity index is 2400. The van der Waals surface area contributed by atoms with Crippen molar-refractivity contribution in [3.05, 3.63) is 94.3 Å². The number of hydrogen-bond acceptors (Lipinski definition) is 12. The summed E-state index contributed by atoms with van der Waals surface area (Å²) in [5.41, 5.74) is 3.32. The molecule has 0 aliphatic carbocycles. The Morgan fingerprint density at radius 3 is 2.42 bits per heavy atom. The van der Waals surface area contributed by atoms with Crippen molar-refractivity contribution in [1.82, 2.24) is 35.3 Å². The number of rotatable bonds is 17. The quantitative estimate of drug-likeness (QED) is 0.0897. The normalized spacial score (nSPS) is 14.9. The number of nitrogens with zero attached hydrogens (tertiary/aromatic N) is 4. The predicted octanol–water partition coefficient (Wildman–Crippen LogP) is 2.48. The first-order valence-electron chi connectivity index (χ1n) is 19.0. The number of imide groups is 2. The van der Waals surface area contributed by atoms with E-state index in [1.54, 1.807) is 65.1 Å². The van der Waals surface area contributed by atoms with Crippen LogP contribution in [0.1, 0.15) is 58.4 Å². The number of likely N-dealkylation sites (N-methyl/N-ethyl adjacent to an activating group) is 1. The fraction of sp³-hybridized carbons (Fsp3) is 0.333. The van der Waals surface area contributed by atoms with E-state index in [9.17, 15) is 33.6 Å². The zero-order valence-electron chi connectivity index (χ0n) is 33.3. The van der Waals surface area contributed by atoms with Crippen molar-refractivity contribution in [2.24, 2.45) is 7.05 Å². The number of aryl methyl sites for hydroxylation is 1. The van der Waals surface area contributed by atoms with Crippen LogP contribution in [0.5, 0.6) is 11.5 Å². The van der Waals surface area contributed by atoms with E-state index < -0.39 is 29.7 Å². The van der Waals surface area contributed by atoms with Gasteiger partial charge in [-0.25, -0.2) is 0 Å². The van der Waals surface area contributed by atoms with E-state index in [4.69, 9.17) is 9.47 Å². The molecule has 2 aliphatic heterocycles. The molecule has 308 valence electrons. The molecule has 1 atom stereocenters. The molecule has 4 N–H and O–H groups in total. The van der Waals surface area contributed by atoms with Crippen molar-refractivity contribution in [3.63, 3.8) is 0 Å². The lowest BCUT2D eigenvalue weighted by molar-refractivity contribution is -0.136. The minimum Gasteiger partial charge on any atom is -0.496 e. The average molecular weight is 807 g/mol. The minimum absolute atomic E-state index is 0.0266. The van der Waals surface area contributed by atoms with Crippen LogP contribution in [0.15, 0.2) is 72.1 Å². The number of pyridine rings is 2. The number of fused-ring (bicyclic) bond motifs is 2. The number of carbonyl (C=O) groups is 6. The molecule has 0 bridgehead atoms. The second kappa shape index (κ2) is 18.1. The largest absolute Gasteiger partial charge is 0.496 e. The van der Waals surface area contributed by atoms with Crippen LogP contribution in [0.4, 0.5) is 5.69 Å². The number of methoxy groups -OCH3 is 2. The number of amides is 6. The lowest BCUT2D eigenvalue weighted by atomic mass is 9.99. The first kappa shape index (κ1) is 41.7. The standard InChI is InChI=1S/C42H46N8O9/c1-24(13-17-44-31-9-6-8-27-38(31)42(57)50(41(27)56)32-11-12-36(52)47-39(32)54)46-35(51)10-7-15-45-37(53)23-48(2)21-30-33(58-4)18-25(19-34(30)59-5)29-22-49(3)40(55)28-20-43-16-14-26(28)29/h6,8-9,14,16,18-20,22,32,44H,1,7,10-13,15,17,21,23H2,2-5H3,(H,45,53)(H,46,51)(H,47,52,54). The summed E-state index contributed by atoms with van der Waals surface area (Å²) >= 11 is 0. The highest BCUT2D eigenvalue weighted by molar-refractivity contribution is 6.25. The van der Waals surface area contributed by atoms with Crippen LogP contribution in [-0.4, -0.2) is 102 Å². The third-order valence-electron chi connectivity index (χ3n) is 10.2. The molecule has 1 saturated heterocycles. The molecule has 4 heterocycles. The van der Waals surface area contributed by atoms with Gasteiger partial charge in [-0.2, -0.15) is 0 Å². The van der Waals surface area contributed by atoms with E-state index >= 15 is 0 Å². The number of anilines is 1. The van der Waals surface area contributed by atoms with Crippen LogP contribution in [0.25, 0.3) is 21.9 Å². The second-order valence-electron chi connectivity index (χ2n) is 14.4. The molecular weight excluding hydrogens is 761 g/mol. The Morgan fingerprint density at radius 1 is 0.966 bits per heavy atom. The molecule has 2 aliphatic rings. The van der Waals surface area contributed by atoms with Crippen molar-refractivity contribution in [1.29, 1.82) is 0 Å². The van der Waals surface area contributed by atoms with Gasteiger partial charge in [0, 0.05) is 81.5 Å². The maximum atomic E-state index is 13.3. The van der Waals surface area contributed by atoms with Crippen LogP contribution in [-0.2, 0) is 32.8 Å². The van der Waals surface area contributed by atoms with E-state index in [-0.39, 0.29) is 67.4 Å². The molecule has 0 radical (unpaired) electrons. The first-order chi connectivity index (χ1) is 28.3. The summed E-state index contributed by atoms with van der Waals surface area (Å²) in [6.07, 6.45) is 5.89. The maximum Gasteiger partial charge on any atom is 0.264 e. The summed E-state index contributed by atoms with van der Waals surface area (Å²) in [7, 11) is 6.60. The fourth-order valence-electron chi connectivity index (χ4n) is 7.27. The number of piperidine rings is 1. The van der Waals surface area contributed by atoms with Gasteiger partial charge in [0.15, 0.2) is 0 Å². The van der Waals surface area contributed by atoms with Crippen molar-refractivity contribution in [3.8, 4) is 22.6 Å². The Labute approximate surface area is 339 Å². The zero-order valence-corrected chi connectivity index (χ0v) is 33.3. The van der Waals surface area contributed by atoms with Gasteiger partial charge in [-0.05, 0) is 61.2 Å². The summed E-state index contributed by atoms with van der Waals surface area (Å²) in [5, 5.41) is 12.2. The van der Waals surface area contributed by atoms with Gasteiger partial charge in [-0.15, -0.1) is 0 Å². The monoisotopic (exact) mass is 806 g/mol. The molecule has 2 aromatic carbocycles. The van der Waals surface area contributed by atoms with E-state index in [0.717, 1.165) is 27.0 Å². The van der Waals surface area contributed by atoms with Crippen molar-refractivity contribution >= 4 is 51.9 Å². The van der Waals surface area contributed by atoms with Crippen LogP contribution in [0.3, 0.4) is 0 Å². The van der Waals surface area contributed by atoms with Crippen molar-refractivity contribution in [2.45, 2.75) is 44.7 Å². The number of benzene rings is 2. The summed E-state index contributed by atoms with van der Waals surface area (Å²) in [6, 6.07) is 9.27. The highest BCUT2D eigenvalue weighted by Gasteiger charge is 2.45. The number of aromatic nitrogens is 2. The van der Waals surface area contributed by atoms with Gasteiger partial charge in [0.2, 0.25) is 23.6 Å². The van der Waals surface area contributed by atoms with Crippen LogP contribution < -0.4 is 36.3 Å². The van der Waals surface area contributed by atoms with Gasteiger partial charge in [-0.3, -0.25) is 53.7 Å². The van der Waals surface area contributed by atoms with E-state index in [1.807, 2.05) is 17.0 Å². The predicted molar refractivity (Wildman–Crippen MR) is 218 cm³/mol. The van der Waals surface area contributed by atoms with Gasteiger partial charge in [0.05, 0.1) is 42.8 Å². The highest BCUT2D eigenvalue weighted by atomic mass is 16.5. The van der Waals surface area contributed by atoms with Crippen LogP contribution in [0, 0.1) is 0 Å². The third-order valence-corrected chi connectivity index (χ3v) is 10.2. The Morgan fingerprint density at radius 2 is 1.71 bits per heavy atom. The number of nitrogens with one attached hydrogen (secondary N) is 4. The summed E-state index contributed by atoms with van der Waals surface area (Å²) in [5.74, 6) is -1.73. The minimum atomic E-state index is -1.07. The van der Waals surface area contributed by atoms with Gasteiger partial charge in [0.25, 0.3) is 17.4 Å². The van der Waals surface area contributed by atoms with Gasteiger partial charge in [0.1, 0.15) is 17.5 Å². The third kappa shape index (κ3) is 9.15. The lowest BCUT2D eigenvalue weighted by Crippen LogP contribution is -2.54. The Balaban J connectivity index is 0.937. The molecule has 59 heavy (non-hydrogen) atoms. The number of ether oxygens (including phenoxy) is 2. The molecule has 4 aromatic rings. The molecule has 17 nitrogen and oxygen atoms in total. The topological polar surface area (TPSA) is 210 Å². The molecular formula is C42H46N8O9. The molecule has 17 heteroatoms. The maximum absolute atomic E-state index is 13.3. The summed E-state index contributed by atoms with van der Waals surface area (Å²) < 4.78 is 13.0. The first-order valence-corrected chi connectivity index (χ1v) is 19.0. The molecule has 1 fully saturated rings. The lowest BCUT2D eigenvalue weighted by Gasteiger charge is -2.27. The van der Waals surface area contributed by atoms with Gasteiger partial charge < -0.3 is 30.0 Å². The smallest absolute Gasteiger partial charge is 0.264 e. The Kier molecular flexibility index (Phi) is 12.8. The molecule has 2 aromatic heterocycles. The number of hydrogen-bond donors (Lipinski definition) is 4. The highest BCUT2D eigenvalue weighted by Crippen LogP contribution is 2.38. The van der Waals surface area contributed by atoms with Crippen LogP contribution >= 0.6 is 0 Å².